The van der Waals surface area contributed by atoms with Gasteiger partial charge in [0, 0.05) is 28.8 Å². The molecule has 17 heavy (non-hydrogen) atoms. The van der Waals surface area contributed by atoms with E-state index in [0.717, 1.165) is 5.56 Å². The van der Waals surface area contributed by atoms with E-state index in [0.29, 0.717) is 11.1 Å². The molecule has 2 aromatic rings. The molecule has 1 heterocycles. The number of rotatable bonds is 2. The number of ketones is 1. The maximum Gasteiger partial charge on any atom is 0.193 e. The summed E-state index contributed by atoms with van der Waals surface area (Å²) in [5, 5.41) is 0. The Bertz CT molecular complexity index is 574. The molecule has 1 aromatic carbocycles. The number of aryl methyl sites for hydroxylation is 1. The third-order valence-corrected chi connectivity index (χ3v) is 2.55. The second-order valence-corrected chi connectivity index (χ2v) is 3.80. The SMILES string of the molecule is C#Cc1ccc(C(=O)c2cc[n+](C)cc2)cc1. The van der Waals surface area contributed by atoms with E-state index in [1.54, 1.807) is 36.4 Å². The summed E-state index contributed by atoms with van der Waals surface area (Å²) >= 11 is 0. The number of hydrogen-bond acceptors (Lipinski definition) is 1. The monoisotopic (exact) mass is 222 g/mol. The maximum absolute atomic E-state index is 12.1. The first kappa shape index (κ1) is 11.1. The first-order valence-electron chi connectivity index (χ1n) is 5.27. The van der Waals surface area contributed by atoms with Crippen molar-refractivity contribution in [2.24, 2.45) is 7.05 Å². The lowest BCUT2D eigenvalue weighted by molar-refractivity contribution is -0.671. The highest BCUT2D eigenvalue weighted by molar-refractivity contribution is 6.08. The lowest BCUT2D eigenvalue weighted by Gasteiger charge is -2.00. The molecule has 0 aliphatic carbocycles. The van der Waals surface area contributed by atoms with E-state index in [4.69, 9.17) is 6.42 Å². The highest BCUT2D eigenvalue weighted by Gasteiger charge is 2.09. The van der Waals surface area contributed by atoms with Crippen molar-refractivity contribution >= 4 is 5.78 Å². The van der Waals surface area contributed by atoms with Crippen molar-refractivity contribution in [2.75, 3.05) is 0 Å². The van der Waals surface area contributed by atoms with Crippen LogP contribution in [0.1, 0.15) is 21.5 Å². The molecule has 0 saturated heterocycles. The third-order valence-electron chi connectivity index (χ3n) is 2.55. The van der Waals surface area contributed by atoms with Crippen molar-refractivity contribution in [3.8, 4) is 12.3 Å². The standard InChI is InChI=1S/C15H12NO/c1-3-12-4-6-13(7-5-12)15(17)14-8-10-16(2)11-9-14/h1,4-11H,2H3/q+1. The van der Waals surface area contributed by atoms with E-state index in [2.05, 4.69) is 5.92 Å². The quantitative estimate of drug-likeness (QED) is 0.430. The van der Waals surface area contributed by atoms with E-state index >= 15 is 0 Å². The van der Waals surface area contributed by atoms with Crippen LogP contribution in [0.2, 0.25) is 0 Å². The molecule has 0 spiro atoms. The summed E-state index contributed by atoms with van der Waals surface area (Å²) in [7, 11) is 1.91. The van der Waals surface area contributed by atoms with Crippen LogP contribution in [-0.4, -0.2) is 5.78 Å². The summed E-state index contributed by atoms with van der Waals surface area (Å²) in [6.07, 6.45) is 8.97. The van der Waals surface area contributed by atoms with Crippen LogP contribution < -0.4 is 4.57 Å². The summed E-state index contributed by atoms with van der Waals surface area (Å²) in [5.74, 6) is 2.53. The largest absolute Gasteiger partial charge is 0.289 e. The predicted molar refractivity (Wildman–Crippen MR) is 65.4 cm³/mol. The molecule has 2 rings (SSSR count). The van der Waals surface area contributed by atoms with Gasteiger partial charge in [0.1, 0.15) is 7.05 Å². The van der Waals surface area contributed by atoms with Gasteiger partial charge in [-0.05, 0) is 24.3 Å². The van der Waals surface area contributed by atoms with E-state index < -0.39 is 0 Å². The zero-order valence-corrected chi connectivity index (χ0v) is 9.55. The van der Waals surface area contributed by atoms with Gasteiger partial charge in [0.05, 0.1) is 0 Å². The van der Waals surface area contributed by atoms with E-state index in [1.807, 2.05) is 24.0 Å². The van der Waals surface area contributed by atoms with Crippen LogP contribution in [0.3, 0.4) is 0 Å². The highest BCUT2D eigenvalue weighted by atomic mass is 16.1. The molecule has 1 aromatic heterocycles. The normalized spacial score (nSPS) is 9.65. The van der Waals surface area contributed by atoms with Crippen LogP contribution in [0.5, 0.6) is 0 Å². The molecule has 0 saturated carbocycles. The number of carbonyl (C=O) groups is 1. The number of carbonyl (C=O) groups excluding carboxylic acids is 1. The molecular weight excluding hydrogens is 210 g/mol. The van der Waals surface area contributed by atoms with E-state index in [9.17, 15) is 4.79 Å². The summed E-state index contributed by atoms with van der Waals surface area (Å²) in [6, 6.07) is 10.7. The smallest absolute Gasteiger partial charge is 0.193 e. The number of nitrogens with zero attached hydrogens (tertiary/aromatic N) is 1. The predicted octanol–water partition coefficient (Wildman–Crippen LogP) is 1.72. The van der Waals surface area contributed by atoms with Gasteiger partial charge < -0.3 is 0 Å². The summed E-state index contributed by atoms with van der Waals surface area (Å²) < 4.78 is 1.89. The molecular formula is C15H12NO+. The topological polar surface area (TPSA) is 20.9 Å². The molecule has 0 fully saturated rings. The first-order chi connectivity index (χ1) is 8.20. The minimum Gasteiger partial charge on any atom is -0.289 e. The van der Waals surface area contributed by atoms with Gasteiger partial charge in [-0.3, -0.25) is 4.79 Å². The molecule has 82 valence electrons. The van der Waals surface area contributed by atoms with Crippen LogP contribution in [-0.2, 0) is 7.05 Å². The Balaban J connectivity index is 2.31. The Hall–Kier alpha value is -2.40. The maximum atomic E-state index is 12.1. The fourth-order valence-electron chi connectivity index (χ4n) is 1.54. The van der Waals surface area contributed by atoms with Gasteiger partial charge in [-0.15, -0.1) is 6.42 Å². The van der Waals surface area contributed by atoms with Gasteiger partial charge in [0.15, 0.2) is 18.2 Å². The summed E-state index contributed by atoms with van der Waals surface area (Å²) in [4.78, 5) is 12.1. The van der Waals surface area contributed by atoms with Crippen LogP contribution >= 0.6 is 0 Å². The molecule has 0 aliphatic heterocycles. The van der Waals surface area contributed by atoms with Gasteiger partial charge in [-0.25, -0.2) is 4.57 Å². The van der Waals surface area contributed by atoms with Crippen molar-refractivity contribution in [2.45, 2.75) is 0 Å². The van der Waals surface area contributed by atoms with Gasteiger partial charge >= 0.3 is 0 Å². The zero-order chi connectivity index (χ0) is 12.3. The van der Waals surface area contributed by atoms with Gasteiger partial charge in [0.2, 0.25) is 0 Å². The molecule has 2 heteroatoms. The second kappa shape index (κ2) is 4.63. The molecule has 2 nitrogen and oxygen atoms in total. The summed E-state index contributed by atoms with van der Waals surface area (Å²) in [5.41, 5.74) is 2.11. The van der Waals surface area contributed by atoms with Crippen molar-refractivity contribution in [1.82, 2.24) is 0 Å². The van der Waals surface area contributed by atoms with Crippen molar-refractivity contribution in [3.05, 3.63) is 65.5 Å². The minimum atomic E-state index is 0.00849. The van der Waals surface area contributed by atoms with Crippen LogP contribution in [0.25, 0.3) is 0 Å². The Labute approximate surface area is 101 Å². The Morgan fingerprint density at radius 1 is 1.06 bits per heavy atom. The average Bonchev–Trinajstić information content (AvgIpc) is 2.39. The Morgan fingerprint density at radius 3 is 2.12 bits per heavy atom. The van der Waals surface area contributed by atoms with Gasteiger partial charge in [-0.1, -0.05) is 5.92 Å². The first-order valence-corrected chi connectivity index (χ1v) is 5.27. The van der Waals surface area contributed by atoms with Crippen molar-refractivity contribution in [3.63, 3.8) is 0 Å². The number of pyridine rings is 1. The fourth-order valence-corrected chi connectivity index (χ4v) is 1.54. The zero-order valence-electron chi connectivity index (χ0n) is 9.55. The average molecular weight is 222 g/mol. The fraction of sp³-hybridized carbons (Fsp3) is 0.0667. The third kappa shape index (κ3) is 2.40. The van der Waals surface area contributed by atoms with Crippen LogP contribution in [0.15, 0.2) is 48.8 Å². The number of benzene rings is 1. The van der Waals surface area contributed by atoms with E-state index in [1.165, 1.54) is 0 Å². The molecule has 0 amide bonds. The van der Waals surface area contributed by atoms with Crippen LogP contribution in [0.4, 0.5) is 0 Å². The molecule has 0 N–H and O–H groups in total. The lowest BCUT2D eigenvalue weighted by atomic mass is 10.0. The second-order valence-electron chi connectivity index (χ2n) is 3.80. The van der Waals surface area contributed by atoms with Crippen molar-refractivity contribution < 1.29 is 9.36 Å². The molecule has 0 atom stereocenters. The molecule has 0 aliphatic rings. The van der Waals surface area contributed by atoms with Crippen molar-refractivity contribution in [1.29, 1.82) is 0 Å². The lowest BCUT2D eigenvalue weighted by Crippen LogP contribution is -2.26. The summed E-state index contributed by atoms with van der Waals surface area (Å²) in [6.45, 7) is 0. The van der Waals surface area contributed by atoms with Gasteiger partial charge in [0.25, 0.3) is 0 Å². The van der Waals surface area contributed by atoms with E-state index in [-0.39, 0.29) is 5.78 Å². The number of aromatic nitrogens is 1. The van der Waals surface area contributed by atoms with Crippen LogP contribution in [0, 0.1) is 12.3 Å². The van der Waals surface area contributed by atoms with Gasteiger partial charge in [-0.2, -0.15) is 0 Å². The highest BCUT2D eigenvalue weighted by Crippen LogP contribution is 2.09. The number of hydrogen-bond donors (Lipinski definition) is 0. The molecule has 0 unspecified atom stereocenters. The Morgan fingerprint density at radius 2 is 1.59 bits per heavy atom. The molecule has 0 bridgehead atoms. The molecule has 0 radical (unpaired) electrons. The number of terminal acetylenes is 1. The minimum absolute atomic E-state index is 0.00849. The Kier molecular flexibility index (Phi) is 3.02.